The van der Waals surface area contributed by atoms with Crippen molar-refractivity contribution in [1.82, 2.24) is 5.32 Å². The molecule has 1 fully saturated rings. The van der Waals surface area contributed by atoms with E-state index in [9.17, 15) is 19.5 Å². The number of amides is 2. The lowest BCUT2D eigenvalue weighted by atomic mass is 9.76. The maximum Gasteiger partial charge on any atom is 0.335 e. The SMILES string of the molecule is COc1cc(C(=O)O)ccc1NC(=O)[C@@H]1N[C@@H](CC(C)(C)C)[C@@H](C(=O)Nc2csc(Cl)c2)[C@H]1c1cccc(Cl)c1F. The van der Waals surface area contributed by atoms with E-state index >= 15 is 4.39 Å². The Morgan fingerprint density at radius 1 is 1.10 bits per heavy atom. The van der Waals surface area contributed by atoms with Crippen LogP contribution in [-0.2, 0) is 9.59 Å². The monoisotopic (exact) mass is 621 g/mol. The number of carboxylic acids is 1. The van der Waals surface area contributed by atoms with Crippen molar-refractivity contribution >= 4 is 63.7 Å². The zero-order valence-electron chi connectivity index (χ0n) is 22.8. The summed E-state index contributed by atoms with van der Waals surface area (Å²) in [7, 11) is 1.35. The van der Waals surface area contributed by atoms with Crippen LogP contribution in [0.1, 0.15) is 49.0 Å². The van der Waals surface area contributed by atoms with E-state index in [0.717, 1.165) is 0 Å². The summed E-state index contributed by atoms with van der Waals surface area (Å²) in [5.41, 5.74) is 0.580. The van der Waals surface area contributed by atoms with Crippen LogP contribution in [0.15, 0.2) is 47.8 Å². The second-order valence-electron chi connectivity index (χ2n) is 11.0. The summed E-state index contributed by atoms with van der Waals surface area (Å²) in [5.74, 6) is -4.49. The lowest BCUT2D eigenvalue weighted by Crippen LogP contribution is -2.42. The fraction of sp³-hybridized carbons (Fsp3) is 0.345. The molecule has 218 valence electrons. The summed E-state index contributed by atoms with van der Waals surface area (Å²) >= 11 is 13.5. The van der Waals surface area contributed by atoms with Gasteiger partial charge in [0, 0.05) is 17.3 Å². The third-order valence-electron chi connectivity index (χ3n) is 6.87. The highest BCUT2D eigenvalue weighted by Gasteiger charge is 2.52. The lowest BCUT2D eigenvalue weighted by Gasteiger charge is -2.29. The molecular formula is C29H30Cl2FN3O5S. The summed E-state index contributed by atoms with van der Waals surface area (Å²) < 4.78 is 21.4. The van der Waals surface area contributed by atoms with E-state index in [1.807, 2.05) is 20.8 Å². The topological polar surface area (TPSA) is 117 Å². The maximum atomic E-state index is 15.6. The number of thiophene rings is 1. The Morgan fingerprint density at radius 3 is 2.44 bits per heavy atom. The highest BCUT2D eigenvalue weighted by atomic mass is 35.5. The third-order valence-corrected chi connectivity index (χ3v) is 8.26. The lowest BCUT2D eigenvalue weighted by molar-refractivity contribution is -0.121. The number of ether oxygens (including phenoxy) is 1. The van der Waals surface area contributed by atoms with E-state index < -0.39 is 47.5 Å². The van der Waals surface area contributed by atoms with Gasteiger partial charge in [-0.3, -0.25) is 9.59 Å². The first-order valence-corrected chi connectivity index (χ1v) is 14.4. The third kappa shape index (κ3) is 7.01. The predicted octanol–water partition coefficient (Wildman–Crippen LogP) is 6.65. The Labute approximate surface area is 251 Å². The molecule has 0 aliphatic carbocycles. The Balaban J connectivity index is 1.77. The first-order valence-electron chi connectivity index (χ1n) is 12.8. The zero-order chi connectivity index (χ0) is 30.1. The second kappa shape index (κ2) is 12.4. The molecule has 2 heterocycles. The molecule has 4 N–H and O–H groups in total. The number of nitrogens with one attached hydrogen (secondary N) is 3. The molecule has 4 rings (SSSR count). The minimum Gasteiger partial charge on any atom is -0.495 e. The van der Waals surface area contributed by atoms with Crippen molar-refractivity contribution in [1.29, 1.82) is 0 Å². The van der Waals surface area contributed by atoms with Crippen LogP contribution in [-0.4, -0.2) is 42.1 Å². The van der Waals surface area contributed by atoms with E-state index in [1.165, 1.54) is 48.8 Å². The van der Waals surface area contributed by atoms with Crippen LogP contribution >= 0.6 is 34.5 Å². The molecular weight excluding hydrogens is 592 g/mol. The molecule has 8 nitrogen and oxygen atoms in total. The van der Waals surface area contributed by atoms with Crippen LogP contribution in [0, 0.1) is 17.2 Å². The number of aromatic carboxylic acids is 1. The van der Waals surface area contributed by atoms with Crippen LogP contribution in [0.3, 0.4) is 0 Å². The molecule has 1 aliphatic rings. The number of hydrogen-bond donors (Lipinski definition) is 4. The van der Waals surface area contributed by atoms with Crippen molar-refractivity contribution in [3.8, 4) is 5.75 Å². The minimum atomic E-state index is -1.15. The molecule has 1 saturated heterocycles. The molecule has 2 aromatic carbocycles. The molecule has 0 unspecified atom stereocenters. The first kappa shape index (κ1) is 30.8. The van der Waals surface area contributed by atoms with Crippen molar-refractivity contribution in [2.75, 3.05) is 17.7 Å². The fourth-order valence-corrected chi connectivity index (χ4v) is 6.21. The van der Waals surface area contributed by atoms with Gasteiger partial charge in [0.2, 0.25) is 11.8 Å². The van der Waals surface area contributed by atoms with Crippen LogP contribution in [0.4, 0.5) is 15.8 Å². The largest absolute Gasteiger partial charge is 0.495 e. The summed E-state index contributed by atoms with van der Waals surface area (Å²) in [6.45, 7) is 6.04. The molecule has 41 heavy (non-hydrogen) atoms. The number of halogens is 3. The van der Waals surface area contributed by atoms with E-state index in [2.05, 4.69) is 16.0 Å². The number of methoxy groups -OCH3 is 1. The van der Waals surface area contributed by atoms with E-state index in [0.29, 0.717) is 16.4 Å². The molecule has 1 aliphatic heterocycles. The molecule has 0 radical (unpaired) electrons. The Hall–Kier alpha value is -3.18. The van der Waals surface area contributed by atoms with Crippen LogP contribution in [0.2, 0.25) is 9.36 Å². The van der Waals surface area contributed by atoms with Gasteiger partial charge in [0.25, 0.3) is 0 Å². The van der Waals surface area contributed by atoms with Crippen molar-refractivity contribution in [2.45, 2.75) is 45.2 Å². The normalized spacial score (nSPS) is 20.5. The summed E-state index contributed by atoms with van der Waals surface area (Å²) in [6.07, 6.45) is 0.495. The average Bonchev–Trinajstić information content (AvgIpc) is 3.47. The number of carbonyl (C=O) groups is 3. The van der Waals surface area contributed by atoms with Gasteiger partial charge in [-0.15, -0.1) is 11.3 Å². The predicted molar refractivity (Wildman–Crippen MR) is 159 cm³/mol. The van der Waals surface area contributed by atoms with Crippen molar-refractivity contribution < 1.29 is 28.6 Å². The van der Waals surface area contributed by atoms with Crippen LogP contribution in [0.25, 0.3) is 0 Å². The van der Waals surface area contributed by atoms with Crippen LogP contribution < -0.4 is 20.7 Å². The van der Waals surface area contributed by atoms with Gasteiger partial charge in [-0.1, -0.05) is 56.1 Å². The highest BCUT2D eigenvalue weighted by molar-refractivity contribution is 7.14. The van der Waals surface area contributed by atoms with Gasteiger partial charge in [-0.05, 0) is 47.7 Å². The number of anilines is 2. The van der Waals surface area contributed by atoms with E-state index in [1.54, 1.807) is 17.5 Å². The number of benzene rings is 2. The van der Waals surface area contributed by atoms with Gasteiger partial charge in [0.15, 0.2) is 0 Å². The first-order chi connectivity index (χ1) is 19.3. The number of rotatable bonds is 8. The minimum absolute atomic E-state index is 0.0202. The van der Waals surface area contributed by atoms with Crippen molar-refractivity contribution in [3.63, 3.8) is 0 Å². The average molecular weight is 623 g/mol. The molecule has 12 heteroatoms. The molecule has 3 aromatic rings. The Morgan fingerprint density at radius 2 is 1.83 bits per heavy atom. The van der Waals surface area contributed by atoms with Gasteiger partial charge in [-0.25, -0.2) is 9.18 Å². The summed E-state index contributed by atoms with van der Waals surface area (Å²) in [4.78, 5) is 39.2. The molecule has 1 aromatic heterocycles. The van der Waals surface area contributed by atoms with E-state index in [4.69, 9.17) is 27.9 Å². The molecule has 0 bridgehead atoms. The van der Waals surface area contributed by atoms with Gasteiger partial charge in [0.1, 0.15) is 11.6 Å². The Kier molecular flexibility index (Phi) is 9.28. The smallest absolute Gasteiger partial charge is 0.335 e. The zero-order valence-corrected chi connectivity index (χ0v) is 25.1. The second-order valence-corrected chi connectivity index (χ2v) is 13.0. The standard InChI is InChI=1S/C29H30Cl2FN3O5S/c1-29(2,3)12-19-23(26(36)33-15-11-21(31)41-13-15)22(16-6-5-7-17(30)24(16)32)25(34-19)27(37)35-18-9-8-14(28(38)39)10-20(18)40-4/h5-11,13,19,22-23,25,34H,12H2,1-4H3,(H,33,36)(H,35,37)(H,38,39)/t19-,22+,23+,25+/m0/s1. The summed E-state index contributed by atoms with van der Waals surface area (Å²) in [6, 6.07) is 8.60. The molecule has 0 saturated carbocycles. The quantitative estimate of drug-likeness (QED) is 0.224. The highest BCUT2D eigenvalue weighted by Crippen LogP contribution is 2.43. The number of hydrogen-bond acceptors (Lipinski definition) is 6. The maximum absolute atomic E-state index is 15.6. The summed E-state index contributed by atoms with van der Waals surface area (Å²) in [5, 5.41) is 19.9. The van der Waals surface area contributed by atoms with Gasteiger partial charge in [0.05, 0.1) is 45.4 Å². The number of carbonyl (C=O) groups excluding carboxylic acids is 2. The van der Waals surface area contributed by atoms with Gasteiger partial charge >= 0.3 is 5.97 Å². The van der Waals surface area contributed by atoms with Crippen molar-refractivity contribution in [3.05, 3.63) is 74.1 Å². The molecule has 4 atom stereocenters. The Bertz CT molecular complexity index is 1470. The molecule has 2 amide bonds. The van der Waals surface area contributed by atoms with Gasteiger partial charge in [-0.2, -0.15) is 0 Å². The fourth-order valence-electron chi connectivity index (χ4n) is 5.22. The number of carboxylic acid groups (broad SMARTS) is 1. The van der Waals surface area contributed by atoms with E-state index in [-0.39, 0.29) is 33.0 Å². The van der Waals surface area contributed by atoms with Crippen LogP contribution in [0.5, 0.6) is 5.75 Å². The molecule has 0 spiro atoms. The van der Waals surface area contributed by atoms with Gasteiger partial charge < -0.3 is 25.8 Å². The van der Waals surface area contributed by atoms with Crippen molar-refractivity contribution in [2.24, 2.45) is 11.3 Å².